The highest BCUT2D eigenvalue weighted by atomic mass is 32.1. The normalized spacial score (nSPS) is 11.9. The fourth-order valence-corrected chi connectivity index (χ4v) is 9.67. The van der Waals surface area contributed by atoms with Crippen LogP contribution in [0.4, 0.5) is 0 Å². The Balaban J connectivity index is 1.05. The predicted octanol–water partition coefficient (Wildman–Crippen LogP) is 13.9. The maximum Gasteiger partial charge on any atom is 0.164 e. The molecule has 8 aromatic carbocycles. The first-order valence-corrected chi connectivity index (χ1v) is 19.8. The van der Waals surface area contributed by atoms with Gasteiger partial charge in [0, 0.05) is 70.2 Å². The minimum absolute atomic E-state index is 0.599. The molecule has 0 saturated heterocycles. The monoisotopic (exact) mass is 746 g/mol. The number of hydrogen-bond acceptors (Lipinski definition) is 5. The molecule has 0 aliphatic rings. The molecule has 0 fully saturated rings. The first-order chi connectivity index (χ1) is 28.2. The highest BCUT2D eigenvalue weighted by molar-refractivity contribution is 7.26. The number of fused-ring (bicyclic) bond motifs is 9. The van der Waals surface area contributed by atoms with Gasteiger partial charge in [-0.15, -0.1) is 11.3 Å². The van der Waals surface area contributed by atoms with E-state index in [0.29, 0.717) is 17.5 Å². The fraction of sp³-hybridized carbons (Fsp3) is 0. The van der Waals surface area contributed by atoms with Gasteiger partial charge in [0.1, 0.15) is 11.2 Å². The molecule has 57 heavy (non-hydrogen) atoms. The first kappa shape index (κ1) is 31.9. The zero-order valence-corrected chi connectivity index (χ0v) is 31.2. The fourth-order valence-electron chi connectivity index (χ4n) is 8.50. The van der Waals surface area contributed by atoms with Gasteiger partial charge in [0.15, 0.2) is 17.5 Å². The Morgan fingerprint density at radius 2 is 1.00 bits per heavy atom. The van der Waals surface area contributed by atoms with Crippen LogP contribution in [0.1, 0.15) is 0 Å². The van der Waals surface area contributed by atoms with Crippen molar-refractivity contribution in [1.82, 2.24) is 19.5 Å². The summed E-state index contributed by atoms with van der Waals surface area (Å²) in [5.74, 6) is 1.85. The van der Waals surface area contributed by atoms with E-state index in [0.717, 1.165) is 60.7 Å². The zero-order chi connectivity index (χ0) is 37.5. The second-order valence-electron chi connectivity index (χ2n) is 14.4. The average molecular weight is 747 g/mol. The molecule has 0 aliphatic heterocycles. The quantitative estimate of drug-likeness (QED) is 0.176. The van der Waals surface area contributed by atoms with Crippen LogP contribution in [0.2, 0.25) is 0 Å². The molecule has 0 unspecified atom stereocenters. The van der Waals surface area contributed by atoms with Crippen LogP contribution >= 0.6 is 11.3 Å². The summed E-state index contributed by atoms with van der Waals surface area (Å²) in [6.07, 6.45) is 0. The molecule has 0 spiro atoms. The number of benzene rings is 8. The van der Waals surface area contributed by atoms with Crippen molar-refractivity contribution in [2.45, 2.75) is 0 Å². The van der Waals surface area contributed by atoms with E-state index in [1.807, 2.05) is 30.3 Å². The van der Waals surface area contributed by atoms with E-state index >= 15 is 0 Å². The van der Waals surface area contributed by atoms with Gasteiger partial charge in [-0.1, -0.05) is 133 Å². The Bertz CT molecular complexity index is 3470. The summed E-state index contributed by atoms with van der Waals surface area (Å²) < 4.78 is 11.4. The second-order valence-corrected chi connectivity index (χ2v) is 15.4. The van der Waals surface area contributed by atoms with E-state index in [9.17, 15) is 0 Å². The molecule has 0 saturated carbocycles. The summed E-state index contributed by atoms with van der Waals surface area (Å²) in [5, 5.41) is 6.78. The number of nitrogens with zero attached hydrogens (tertiary/aromatic N) is 4. The highest BCUT2D eigenvalue weighted by Crippen LogP contribution is 2.43. The lowest BCUT2D eigenvalue weighted by Gasteiger charge is -2.10. The molecule has 0 radical (unpaired) electrons. The maximum atomic E-state index is 6.66. The van der Waals surface area contributed by atoms with E-state index in [2.05, 4.69) is 156 Å². The van der Waals surface area contributed by atoms with Gasteiger partial charge in [-0.2, -0.15) is 0 Å². The lowest BCUT2D eigenvalue weighted by molar-refractivity contribution is 0.668. The van der Waals surface area contributed by atoms with Crippen LogP contribution in [-0.4, -0.2) is 19.5 Å². The molecule has 0 aliphatic carbocycles. The molecule has 0 bridgehead atoms. The van der Waals surface area contributed by atoms with Crippen molar-refractivity contribution < 1.29 is 4.42 Å². The summed E-state index contributed by atoms with van der Waals surface area (Å²) in [6.45, 7) is 0. The Morgan fingerprint density at radius 3 is 1.74 bits per heavy atom. The van der Waals surface area contributed by atoms with Crippen molar-refractivity contribution in [1.29, 1.82) is 0 Å². The van der Waals surface area contributed by atoms with Crippen molar-refractivity contribution in [3.8, 4) is 51.0 Å². The molecule has 12 aromatic rings. The molecule has 12 rings (SSSR count). The van der Waals surface area contributed by atoms with E-state index in [-0.39, 0.29) is 0 Å². The van der Waals surface area contributed by atoms with Crippen LogP contribution in [0.25, 0.3) is 115 Å². The molecule has 0 atom stereocenters. The summed E-state index contributed by atoms with van der Waals surface area (Å²) in [4.78, 5) is 15.7. The molecular weight excluding hydrogens is 717 g/mol. The summed E-state index contributed by atoms with van der Waals surface area (Å²) in [5.41, 5.74) is 10.2. The minimum atomic E-state index is 0.599. The Labute approximate surface area is 330 Å². The van der Waals surface area contributed by atoms with E-state index < -0.39 is 0 Å². The standard InChI is InChI=1S/C51H30N4OS/c1-3-13-31(14-4-1)33-25-27-38-46(29-33)57-45-24-12-20-40(48(38)45)51-53-49(32-15-5-2-6-16-32)52-50(54-51)39-19-11-23-43-47(39)37-28-26-34(30-44(37)56-43)55-41-21-9-7-17-35(41)36-18-8-10-22-42(36)55/h1-30H. The van der Waals surface area contributed by atoms with Crippen molar-refractivity contribution in [3.05, 3.63) is 182 Å². The first-order valence-electron chi connectivity index (χ1n) is 19.0. The van der Waals surface area contributed by atoms with Gasteiger partial charge in [0.05, 0.1) is 11.0 Å². The average Bonchev–Trinajstić information content (AvgIpc) is 3.96. The van der Waals surface area contributed by atoms with Crippen LogP contribution < -0.4 is 0 Å². The van der Waals surface area contributed by atoms with Crippen LogP contribution in [0, 0.1) is 0 Å². The van der Waals surface area contributed by atoms with Crippen molar-refractivity contribution in [2.75, 3.05) is 0 Å². The number of hydrogen-bond donors (Lipinski definition) is 0. The van der Waals surface area contributed by atoms with Crippen molar-refractivity contribution in [2.24, 2.45) is 0 Å². The van der Waals surface area contributed by atoms with E-state index in [1.165, 1.54) is 36.7 Å². The van der Waals surface area contributed by atoms with Crippen molar-refractivity contribution >= 4 is 75.3 Å². The third-order valence-electron chi connectivity index (χ3n) is 11.1. The topological polar surface area (TPSA) is 56.7 Å². The van der Waals surface area contributed by atoms with E-state index in [1.54, 1.807) is 11.3 Å². The van der Waals surface area contributed by atoms with Gasteiger partial charge in [0.2, 0.25) is 0 Å². The van der Waals surface area contributed by atoms with Crippen LogP contribution in [0.3, 0.4) is 0 Å². The van der Waals surface area contributed by atoms with Gasteiger partial charge >= 0.3 is 0 Å². The van der Waals surface area contributed by atoms with Crippen LogP contribution in [0.5, 0.6) is 0 Å². The molecule has 4 heterocycles. The molecule has 5 nitrogen and oxygen atoms in total. The molecule has 0 N–H and O–H groups in total. The number of rotatable bonds is 5. The largest absolute Gasteiger partial charge is 0.456 e. The number of furan rings is 1. The number of para-hydroxylation sites is 2. The van der Waals surface area contributed by atoms with Gasteiger partial charge in [-0.3, -0.25) is 0 Å². The second kappa shape index (κ2) is 12.6. The Kier molecular flexibility index (Phi) is 7.03. The highest BCUT2D eigenvalue weighted by Gasteiger charge is 2.21. The lowest BCUT2D eigenvalue weighted by atomic mass is 10.0. The Morgan fingerprint density at radius 1 is 0.386 bits per heavy atom. The predicted molar refractivity (Wildman–Crippen MR) is 236 cm³/mol. The number of aromatic nitrogens is 4. The molecule has 4 aromatic heterocycles. The van der Waals surface area contributed by atoms with Gasteiger partial charge in [0.25, 0.3) is 0 Å². The van der Waals surface area contributed by atoms with Crippen LogP contribution in [0.15, 0.2) is 186 Å². The lowest BCUT2D eigenvalue weighted by Crippen LogP contribution is -2.00. The third kappa shape index (κ3) is 5.04. The zero-order valence-electron chi connectivity index (χ0n) is 30.4. The van der Waals surface area contributed by atoms with Gasteiger partial charge < -0.3 is 8.98 Å². The molecule has 266 valence electrons. The SMILES string of the molecule is c1ccc(-c2ccc3c(c2)sc2cccc(-c4nc(-c5ccccc5)nc(-c5cccc6oc7cc(-n8c9ccccc9c9ccccc98)ccc7c56)n4)c23)cc1. The Hall–Kier alpha value is -7.41. The van der Waals surface area contributed by atoms with Crippen molar-refractivity contribution in [3.63, 3.8) is 0 Å². The minimum Gasteiger partial charge on any atom is -0.456 e. The van der Waals surface area contributed by atoms with Gasteiger partial charge in [-0.25, -0.2) is 15.0 Å². The molecular formula is C51H30N4OS. The summed E-state index contributed by atoms with van der Waals surface area (Å²) in [7, 11) is 0. The van der Waals surface area contributed by atoms with Crippen LogP contribution in [-0.2, 0) is 0 Å². The molecule has 6 heteroatoms. The smallest absolute Gasteiger partial charge is 0.164 e. The molecule has 0 amide bonds. The summed E-state index contributed by atoms with van der Waals surface area (Å²) >= 11 is 1.80. The number of thiophene rings is 1. The third-order valence-corrected chi connectivity index (χ3v) is 12.2. The summed E-state index contributed by atoms with van der Waals surface area (Å²) in [6, 6.07) is 63.7. The maximum absolute atomic E-state index is 6.66. The van der Waals surface area contributed by atoms with E-state index in [4.69, 9.17) is 19.4 Å². The van der Waals surface area contributed by atoms with Gasteiger partial charge in [-0.05, 0) is 53.6 Å².